The maximum Gasteiger partial charge on any atom is 0.271 e. The molecule has 0 saturated heterocycles. The maximum absolute atomic E-state index is 12.4. The van der Waals surface area contributed by atoms with Gasteiger partial charge in [-0.1, -0.05) is 17.7 Å². The van der Waals surface area contributed by atoms with E-state index in [0.29, 0.717) is 11.4 Å². The van der Waals surface area contributed by atoms with E-state index in [-0.39, 0.29) is 24.5 Å². The number of anilines is 2. The highest BCUT2D eigenvalue weighted by molar-refractivity contribution is 6.05. The molecule has 0 spiro atoms. The Hall–Kier alpha value is -3.42. The molecule has 26 heavy (non-hydrogen) atoms. The van der Waals surface area contributed by atoms with Gasteiger partial charge in [-0.05, 0) is 31.5 Å². The molecule has 0 aliphatic carbocycles. The van der Waals surface area contributed by atoms with Crippen molar-refractivity contribution < 1.29 is 19.2 Å². The molecule has 134 valence electrons. The standard InChI is InChI=1S/C18H17N3O5/c1-11-3-5-14(12(2)7-11)19-17(22)9-20-15-8-13(21(24)25)4-6-16(15)26-10-18(20)23/h3-8H,9-10H2,1-2H3,(H,19,22). The lowest BCUT2D eigenvalue weighted by Gasteiger charge is -2.28. The Morgan fingerprint density at radius 2 is 2.04 bits per heavy atom. The van der Waals surface area contributed by atoms with E-state index >= 15 is 0 Å². The largest absolute Gasteiger partial charge is 0.482 e. The molecule has 2 aromatic carbocycles. The van der Waals surface area contributed by atoms with Crippen molar-refractivity contribution in [2.75, 3.05) is 23.4 Å². The van der Waals surface area contributed by atoms with Gasteiger partial charge in [0.2, 0.25) is 5.91 Å². The first kappa shape index (κ1) is 17.4. The number of carbonyl (C=O) groups excluding carboxylic acids is 2. The van der Waals surface area contributed by atoms with Crippen molar-refractivity contribution in [2.45, 2.75) is 13.8 Å². The van der Waals surface area contributed by atoms with Crippen LogP contribution < -0.4 is 15.0 Å². The van der Waals surface area contributed by atoms with E-state index in [1.54, 1.807) is 6.07 Å². The summed E-state index contributed by atoms with van der Waals surface area (Å²) in [5.74, 6) is -0.507. The van der Waals surface area contributed by atoms with Crippen LogP contribution in [0.4, 0.5) is 17.1 Å². The van der Waals surface area contributed by atoms with Gasteiger partial charge >= 0.3 is 0 Å². The van der Waals surface area contributed by atoms with Gasteiger partial charge in [-0.2, -0.15) is 0 Å². The Bertz CT molecular complexity index is 910. The average Bonchev–Trinajstić information content (AvgIpc) is 2.59. The van der Waals surface area contributed by atoms with Crippen LogP contribution in [-0.4, -0.2) is 29.9 Å². The van der Waals surface area contributed by atoms with Crippen molar-refractivity contribution in [3.05, 3.63) is 57.6 Å². The summed E-state index contributed by atoms with van der Waals surface area (Å²) in [7, 11) is 0. The predicted octanol–water partition coefficient (Wildman–Crippen LogP) is 2.58. The number of hydrogen-bond donors (Lipinski definition) is 1. The highest BCUT2D eigenvalue weighted by Gasteiger charge is 2.29. The van der Waals surface area contributed by atoms with Crippen LogP contribution in [0.3, 0.4) is 0 Å². The van der Waals surface area contributed by atoms with Gasteiger partial charge in [0.15, 0.2) is 6.61 Å². The molecule has 0 bridgehead atoms. The highest BCUT2D eigenvalue weighted by atomic mass is 16.6. The van der Waals surface area contributed by atoms with E-state index in [1.807, 2.05) is 26.0 Å². The monoisotopic (exact) mass is 355 g/mol. The minimum absolute atomic E-state index is 0.179. The molecular formula is C18H17N3O5. The Morgan fingerprint density at radius 1 is 1.27 bits per heavy atom. The second kappa shape index (κ2) is 6.83. The molecule has 1 aliphatic rings. The normalized spacial score (nSPS) is 13.0. The first-order valence-electron chi connectivity index (χ1n) is 7.94. The fourth-order valence-electron chi connectivity index (χ4n) is 2.76. The van der Waals surface area contributed by atoms with Crippen molar-refractivity contribution in [1.29, 1.82) is 0 Å². The lowest BCUT2D eigenvalue weighted by atomic mass is 10.1. The zero-order chi connectivity index (χ0) is 18.8. The van der Waals surface area contributed by atoms with Crippen molar-refractivity contribution in [2.24, 2.45) is 0 Å². The molecule has 1 heterocycles. The number of nitrogens with one attached hydrogen (secondary N) is 1. The van der Waals surface area contributed by atoms with Crippen LogP contribution in [0.2, 0.25) is 0 Å². The minimum Gasteiger partial charge on any atom is -0.482 e. The van der Waals surface area contributed by atoms with Gasteiger partial charge < -0.3 is 10.1 Å². The van der Waals surface area contributed by atoms with Gasteiger partial charge in [0, 0.05) is 17.8 Å². The maximum atomic E-state index is 12.4. The van der Waals surface area contributed by atoms with Crippen LogP contribution in [0.5, 0.6) is 5.75 Å². The topological polar surface area (TPSA) is 102 Å². The van der Waals surface area contributed by atoms with Crippen LogP contribution in [-0.2, 0) is 9.59 Å². The predicted molar refractivity (Wildman–Crippen MR) is 95.5 cm³/mol. The summed E-state index contributed by atoms with van der Waals surface area (Å²) < 4.78 is 5.29. The number of aryl methyl sites for hydroxylation is 2. The summed E-state index contributed by atoms with van der Waals surface area (Å²) in [6, 6.07) is 9.56. The number of amides is 2. The highest BCUT2D eigenvalue weighted by Crippen LogP contribution is 2.35. The number of hydrogen-bond acceptors (Lipinski definition) is 5. The molecule has 0 atom stereocenters. The SMILES string of the molecule is Cc1ccc(NC(=O)CN2C(=O)COc3ccc([N+](=O)[O-])cc32)c(C)c1. The molecule has 1 aliphatic heterocycles. The van der Waals surface area contributed by atoms with Crippen LogP contribution in [0, 0.1) is 24.0 Å². The summed E-state index contributed by atoms with van der Waals surface area (Å²) in [6.07, 6.45) is 0. The van der Waals surface area contributed by atoms with Gasteiger partial charge in [-0.25, -0.2) is 0 Å². The Labute approximate surface area is 149 Å². The molecule has 0 saturated carbocycles. The molecule has 2 aromatic rings. The van der Waals surface area contributed by atoms with Crippen molar-refractivity contribution >= 4 is 28.9 Å². The smallest absolute Gasteiger partial charge is 0.271 e. The number of non-ortho nitro benzene ring substituents is 1. The first-order valence-corrected chi connectivity index (χ1v) is 7.94. The Balaban J connectivity index is 1.83. The number of benzene rings is 2. The molecule has 8 nitrogen and oxygen atoms in total. The van der Waals surface area contributed by atoms with Gasteiger partial charge in [-0.3, -0.25) is 24.6 Å². The van der Waals surface area contributed by atoms with E-state index in [1.165, 1.54) is 23.1 Å². The summed E-state index contributed by atoms with van der Waals surface area (Å²) in [5, 5.41) is 13.8. The number of nitro groups is 1. The Morgan fingerprint density at radius 3 is 2.73 bits per heavy atom. The van der Waals surface area contributed by atoms with Gasteiger partial charge in [0.25, 0.3) is 11.6 Å². The number of fused-ring (bicyclic) bond motifs is 1. The van der Waals surface area contributed by atoms with E-state index in [4.69, 9.17) is 4.74 Å². The second-order valence-electron chi connectivity index (χ2n) is 6.04. The second-order valence-corrected chi connectivity index (χ2v) is 6.04. The molecule has 0 radical (unpaired) electrons. The molecule has 1 N–H and O–H groups in total. The van der Waals surface area contributed by atoms with Crippen LogP contribution in [0.15, 0.2) is 36.4 Å². The molecule has 0 fully saturated rings. The number of nitro benzene ring substituents is 1. The molecule has 8 heteroatoms. The number of rotatable bonds is 4. The average molecular weight is 355 g/mol. The van der Waals surface area contributed by atoms with Crippen LogP contribution in [0.1, 0.15) is 11.1 Å². The van der Waals surface area contributed by atoms with Gasteiger partial charge in [0.05, 0.1) is 10.6 Å². The third kappa shape index (κ3) is 3.49. The summed E-state index contributed by atoms with van der Waals surface area (Å²) in [4.78, 5) is 36.2. The number of carbonyl (C=O) groups is 2. The fourth-order valence-corrected chi connectivity index (χ4v) is 2.76. The lowest BCUT2D eigenvalue weighted by molar-refractivity contribution is -0.384. The lowest BCUT2D eigenvalue weighted by Crippen LogP contribution is -2.43. The number of nitrogens with zero attached hydrogens (tertiary/aromatic N) is 2. The summed E-state index contributed by atoms with van der Waals surface area (Å²) in [5.41, 5.74) is 2.67. The van der Waals surface area contributed by atoms with E-state index in [2.05, 4.69) is 5.32 Å². The Kier molecular flexibility index (Phi) is 4.57. The van der Waals surface area contributed by atoms with Crippen molar-refractivity contribution in [3.8, 4) is 5.75 Å². The third-order valence-electron chi connectivity index (χ3n) is 4.05. The van der Waals surface area contributed by atoms with Crippen LogP contribution in [0.25, 0.3) is 0 Å². The van der Waals surface area contributed by atoms with Gasteiger partial charge in [0.1, 0.15) is 12.3 Å². The van der Waals surface area contributed by atoms with Gasteiger partial charge in [-0.15, -0.1) is 0 Å². The van der Waals surface area contributed by atoms with E-state index in [0.717, 1.165) is 11.1 Å². The zero-order valence-electron chi connectivity index (χ0n) is 14.3. The zero-order valence-corrected chi connectivity index (χ0v) is 14.3. The first-order chi connectivity index (χ1) is 12.3. The summed E-state index contributed by atoms with van der Waals surface area (Å²) in [6.45, 7) is 3.35. The number of ether oxygens (including phenoxy) is 1. The molecular weight excluding hydrogens is 338 g/mol. The molecule has 0 aromatic heterocycles. The summed E-state index contributed by atoms with van der Waals surface area (Å²) >= 11 is 0. The minimum atomic E-state index is -0.562. The van der Waals surface area contributed by atoms with E-state index in [9.17, 15) is 19.7 Å². The van der Waals surface area contributed by atoms with E-state index < -0.39 is 16.7 Å². The fraction of sp³-hybridized carbons (Fsp3) is 0.222. The van der Waals surface area contributed by atoms with Crippen molar-refractivity contribution in [1.82, 2.24) is 0 Å². The quantitative estimate of drug-likeness (QED) is 0.671. The molecule has 2 amide bonds. The van der Waals surface area contributed by atoms with Crippen molar-refractivity contribution in [3.63, 3.8) is 0 Å². The molecule has 3 rings (SSSR count). The molecule has 0 unspecified atom stereocenters. The van der Waals surface area contributed by atoms with Crippen LogP contribution >= 0.6 is 0 Å². The third-order valence-corrected chi connectivity index (χ3v) is 4.05.